The zero-order valence-electron chi connectivity index (χ0n) is 24.6. The summed E-state index contributed by atoms with van der Waals surface area (Å²) >= 11 is 0. The van der Waals surface area contributed by atoms with Crippen LogP contribution in [0.5, 0.6) is 5.75 Å². The number of carbonyl (C=O) groups is 1. The molecule has 224 valence electrons. The molecular formula is C34H43N3O5. The highest BCUT2D eigenvalue weighted by Gasteiger charge is 2.35. The molecule has 0 bridgehead atoms. The maximum Gasteiger partial charge on any atom is 0.230 e. The van der Waals surface area contributed by atoms with E-state index in [1.54, 1.807) is 7.11 Å². The Morgan fingerprint density at radius 3 is 2.57 bits per heavy atom. The van der Waals surface area contributed by atoms with Gasteiger partial charge in [-0.3, -0.25) is 9.69 Å². The summed E-state index contributed by atoms with van der Waals surface area (Å²) in [5.41, 5.74) is 2.85. The van der Waals surface area contributed by atoms with Gasteiger partial charge in [-0.05, 0) is 48.1 Å². The summed E-state index contributed by atoms with van der Waals surface area (Å²) in [7, 11) is 1.62. The highest BCUT2D eigenvalue weighted by atomic mass is 16.5. The van der Waals surface area contributed by atoms with Gasteiger partial charge in [-0.2, -0.15) is 0 Å². The molecule has 1 N–H and O–H groups in total. The van der Waals surface area contributed by atoms with Crippen molar-refractivity contribution in [3.63, 3.8) is 0 Å². The van der Waals surface area contributed by atoms with Crippen LogP contribution in [0.25, 0.3) is 12.2 Å². The monoisotopic (exact) mass is 573 g/mol. The van der Waals surface area contributed by atoms with Gasteiger partial charge in [-0.1, -0.05) is 73.0 Å². The largest absolute Gasteiger partial charge is 0.491 e. The number of rotatable bonds is 12. The van der Waals surface area contributed by atoms with Gasteiger partial charge in [0.05, 0.1) is 12.5 Å². The minimum atomic E-state index is -0.626. The molecule has 2 heterocycles. The summed E-state index contributed by atoms with van der Waals surface area (Å²) in [4.78, 5) is 18.1. The van der Waals surface area contributed by atoms with Crippen molar-refractivity contribution in [3.05, 3.63) is 83.2 Å². The van der Waals surface area contributed by atoms with Crippen LogP contribution in [0, 0.1) is 5.92 Å². The van der Waals surface area contributed by atoms with Crippen molar-refractivity contribution in [2.45, 2.75) is 50.7 Å². The van der Waals surface area contributed by atoms with Crippen molar-refractivity contribution in [1.29, 1.82) is 0 Å². The Morgan fingerprint density at radius 2 is 1.81 bits per heavy atom. The number of aliphatic hydroxyl groups is 1. The normalized spacial score (nSPS) is 18.3. The topological polar surface area (TPSA) is 88.3 Å². The Morgan fingerprint density at radius 1 is 1.02 bits per heavy atom. The molecule has 1 amide bonds. The number of nitrogens with zero attached hydrogens (tertiary/aromatic N) is 3. The lowest BCUT2D eigenvalue weighted by molar-refractivity contribution is -0.136. The molecule has 2 atom stereocenters. The van der Waals surface area contributed by atoms with Crippen LogP contribution in [0.3, 0.4) is 0 Å². The predicted molar refractivity (Wildman–Crippen MR) is 163 cm³/mol. The standard InChI is InChI=1S/C34H43N3O5/c1-40-24-29-22-32(42-35-29)16-15-26-9-8-14-31(21-26)41-25-30(38)23-36-17-19-37(20-18-36)34(39)33(27-10-4-2-5-11-27)28-12-6-3-7-13-28/h2,4-5,8-11,14-16,21-22,28,30,33,38H,3,6-7,12-13,17-20,23-25H2,1H3. The van der Waals surface area contributed by atoms with Crippen molar-refractivity contribution in [1.82, 2.24) is 15.0 Å². The van der Waals surface area contributed by atoms with E-state index in [9.17, 15) is 9.90 Å². The van der Waals surface area contributed by atoms with E-state index in [4.69, 9.17) is 14.0 Å². The average molecular weight is 574 g/mol. The molecule has 2 aliphatic rings. The fourth-order valence-electron chi connectivity index (χ4n) is 6.14. The number of amides is 1. The van der Waals surface area contributed by atoms with Crippen molar-refractivity contribution < 1.29 is 23.9 Å². The van der Waals surface area contributed by atoms with E-state index < -0.39 is 6.10 Å². The molecule has 1 saturated heterocycles. The average Bonchev–Trinajstić information content (AvgIpc) is 3.48. The molecule has 2 unspecified atom stereocenters. The highest BCUT2D eigenvalue weighted by Crippen LogP contribution is 2.37. The first-order valence-electron chi connectivity index (χ1n) is 15.2. The third-order valence-corrected chi connectivity index (χ3v) is 8.31. The van der Waals surface area contributed by atoms with E-state index in [2.05, 4.69) is 22.2 Å². The molecule has 0 radical (unpaired) electrons. The molecule has 1 aliphatic heterocycles. The van der Waals surface area contributed by atoms with Gasteiger partial charge < -0.3 is 24.0 Å². The van der Waals surface area contributed by atoms with Crippen LogP contribution in [-0.2, 0) is 16.1 Å². The second-order valence-corrected chi connectivity index (χ2v) is 11.4. The van der Waals surface area contributed by atoms with Crippen LogP contribution < -0.4 is 4.74 Å². The van der Waals surface area contributed by atoms with Crippen LogP contribution >= 0.6 is 0 Å². The third-order valence-electron chi connectivity index (χ3n) is 8.31. The lowest BCUT2D eigenvalue weighted by atomic mass is 9.76. The number of aromatic nitrogens is 1. The first-order chi connectivity index (χ1) is 20.6. The Kier molecular flexibility index (Phi) is 10.8. The van der Waals surface area contributed by atoms with Gasteiger partial charge in [-0.15, -0.1) is 0 Å². The van der Waals surface area contributed by atoms with Gasteiger partial charge >= 0.3 is 0 Å². The number of carbonyl (C=O) groups excluding carboxylic acids is 1. The van der Waals surface area contributed by atoms with Gasteiger partial charge in [0.25, 0.3) is 0 Å². The maximum absolute atomic E-state index is 13.8. The van der Waals surface area contributed by atoms with Crippen LogP contribution in [0.1, 0.15) is 60.6 Å². The number of methoxy groups -OCH3 is 1. The smallest absolute Gasteiger partial charge is 0.230 e. The summed E-state index contributed by atoms with van der Waals surface area (Å²) in [5, 5.41) is 14.7. The molecule has 8 nitrogen and oxygen atoms in total. The summed E-state index contributed by atoms with van der Waals surface area (Å²) in [6.45, 7) is 4.01. The van der Waals surface area contributed by atoms with Gasteiger partial charge in [-0.25, -0.2) is 0 Å². The fourth-order valence-corrected chi connectivity index (χ4v) is 6.14. The van der Waals surface area contributed by atoms with Gasteiger partial charge in [0, 0.05) is 45.9 Å². The lowest BCUT2D eigenvalue weighted by Crippen LogP contribution is -2.52. The summed E-state index contributed by atoms with van der Waals surface area (Å²) in [6, 6.07) is 19.9. The second-order valence-electron chi connectivity index (χ2n) is 11.4. The van der Waals surface area contributed by atoms with E-state index in [0.717, 1.165) is 42.8 Å². The molecular weight excluding hydrogens is 530 g/mol. The fraction of sp³-hybridized carbons (Fsp3) is 0.471. The highest BCUT2D eigenvalue weighted by molar-refractivity contribution is 5.84. The number of benzene rings is 2. The van der Waals surface area contributed by atoms with Crippen molar-refractivity contribution in [2.75, 3.05) is 46.4 Å². The van der Waals surface area contributed by atoms with Gasteiger partial charge in [0.15, 0.2) is 5.76 Å². The van der Waals surface area contributed by atoms with Crippen molar-refractivity contribution in [3.8, 4) is 5.75 Å². The maximum atomic E-state index is 13.8. The minimum absolute atomic E-state index is 0.0495. The molecule has 5 rings (SSSR count). The van der Waals surface area contributed by atoms with Crippen LogP contribution in [0.15, 0.2) is 65.2 Å². The van der Waals surface area contributed by atoms with Crippen LogP contribution in [0.4, 0.5) is 0 Å². The van der Waals surface area contributed by atoms with E-state index in [1.807, 2.05) is 65.6 Å². The van der Waals surface area contributed by atoms with Crippen LogP contribution in [-0.4, -0.2) is 78.5 Å². The Bertz CT molecular complexity index is 1280. The second kappa shape index (κ2) is 15.1. The Hall–Kier alpha value is -3.46. The zero-order valence-corrected chi connectivity index (χ0v) is 24.6. The zero-order chi connectivity index (χ0) is 29.1. The predicted octanol–water partition coefficient (Wildman–Crippen LogP) is 5.24. The Balaban J connectivity index is 1.08. The number of hydrogen-bond acceptors (Lipinski definition) is 7. The number of hydrogen-bond donors (Lipinski definition) is 1. The van der Waals surface area contributed by atoms with E-state index in [-0.39, 0.29) is 18.4 Å². The Labute approximate surface area is 248 Å². The number of β-amino-alcohol motifs (C(OH)–C–C–N with tert-alkyl or cyclic N) is 1. The molecule has 3 aromatic rings. The van der Waals surface area contributed by atoms with Crippen LogP contribution in [0.2, 0.25) is 0 Å². The van der Waals surface area contributed by atoms with Crippen molar-refractivity contribution >= 4 is 18.1 Å². The quantitative estimate of drug-likeness (QED) is 0.317. The number of ether oxygens (including phenoxy) is 2. The van der Waals surface area contributed by atoms with E-state index >= 15 is 0 Å². The molecule has 1 saturated carbocycles. The molecule has 1 aliphatic carbocycles. The van der Waals surface area contributed by atoms with Gasteiger partial charge in [0.1, 0.15) is 24.2 Å². The molecule has 42 heavy (non-hydrogen) atoms. The van der Waals surface area contributed by atoms with E-state index in [0.29, 0.717) is 43.7 Å². The first-order valence-corrected chi connectivity index (χ1v) is 15.2. The molecule has 2 fully saturated rings. The molecule has 2 aromatic carbocycles. The summed E-state index contributed by atoms with van der Waals surface area (Å²) in [6.07, 6.45) is 9.13. The summed E-state index contributed by atoms with van der Waals surface area (Å²) < 4.78 is 16.3. The molecule has 8 heteroatoms. The molecule has 0 spiro atoms. The molecule has 1 aromatic heterocycles. The minimum Gasteiger partial charge on any atom is -0.491 e. The first kappa shape index (κ1) is 30.0. The number of piperazine rings is 1. The number of aliphatic hydroxyl groups excluding tert-OH is 1. The summed E-state index contributed by atoms with van der Waals surface area (Å²) in [5.74, 6) is 1.99. The van der Waals surface area contributed by atoms with E-state index in [1.165, 1.54) is 19.3 Å². The lowest BCUT2D eigenvalue weighted by Gasteiger charge is -2.39. The third kappa shape index (κ3) is 8.31. The SMILES string of the molecule is COCc1cc(C=Cc2cccc(OCC(O)CN3CCN(C(=O)C(c4ccccc4)C4CCCCC4)CC3)c2)on1. The van der Waals surface area contributed by atoms with Crippen molar-refractivity contribution in [2.24, 2.45) is 5.92 Å². The van der Waals surface area contributed by atoms with Gasteiger partial charge in [0.2, 0.25) is 5.91 Å².